The zero-order valence-electron chi connectivity index (χ0n) is 12.4. The molecule has 0 saturated heterocycles. The van der Waals surface area contributed by atoms with E-state index in [1.165, 1.54) is 38.5 Å². The third-order valence-electron chi connectivity index (χ3n) is 4.97. The first-order valence-electron chi connectivity index (χ1n) is 7.91. The molecule has 0 bridgehead atoms. The van der Waals surface area contributed by atoms with Gasteiger partial charge in [-0.2, -0.15) is 0 Å². The summed E-state index contributed by atoms with van der Waals surface area (Å²) in [6.07, 6.45) is 9.82. The average molecular weight is 253 g/mol. The van der Waals surface area contributed by atoms with Crippen LogP contribution < -0.4 is 5.32 Å². The average Bonchev–Trinajstić information content (AvgIpc) is 2.28. The predicted molar refractivity (Wildman–Crippen MR) is 76.6 cm³/mol. The fraction of sp³-hybridized carbons (Fsp3) is 1.00. The van der Waals surface area contributed by atoms with E-state index in [1.54, 1.807) is 0 Å². The predicted octanol–water partition coefficient (Wildman–Crippen LogP) is 3.48. The van der Waals surface area contributed by atoms with Gasteiger partial charge >= 0.3 is 0 Å². The summed E-state index contributed by atoms with van der Waals surface area (Å²) in [5, 5.41) is 13.7. The summed E-state index contributed by atoms with van der Waals surface area (Å²) in [6, 6.07) is 1.23. The van der Waals surface area contributed by atoms with Gasteiger partial charge in [-0.1, -0.05) is 33.6 Å². The van der Waals surface area contributed by atoms with E-state index in [4.69, 9.17) is 0 Å². The molecule has 0 aromatic heterocycles. The lowest BCUT2D eigenvalue weighted by molar-refractivity contribution is 0.0824. The molecule has 0 aromatic carbocycles. The summed E-state index contributed by atoms with van der Waals surface area (Å²) in [4.78, 5) is 0. The minimum Gasteiger partial charge on any atom is -0.393 e. The molecule has 0 radical (unpaired) electrons. The lowest BCUT2D eigenvalue weighted by Crippen LogP contribution is -2.49. The van der Waals surface area contributed by atoms with Gasteiger partial charge in [-0.05, 0) is 49.9 Å². The Morgan fingerprint density at radius 2 is 1.67 bits per heavy atom. The van der Waals surface area contributed by atoms with Gasteiger partial charge in [-0.15, -0.1) is 0 Å². The molecule has 0 aromatic rings. The highest BCUT2D eigenvalue weighted by Gasteiger charge is 2.35. The molecule has 2 rings (SSSR count). The Kier molecular flexibility index (Phi) is 4.71. The van der Waals surface area contributed by atoms with Crippen molar-refractivity contribution < 1.29 is 5.11 Å². The van der Waals surface area contributed by atoms with Crippen LogP contribution in [0.15, 0.2) is 0 Å². The van der Waals surface area contributed by atoms with Gasteiger partial charge in [-0.25, -0.2) is 0 Å². The topological polar surface area (TPSA) is 32.3 Å². The van der Waals surface area contributed by atoms with Crippen LogP contribution >= 0.6 is 0 Å². The summed E-state index contributed by atoms with van der Waals surface area (Å²) in [7, 11) is 0. The Morgan fingerprint density at radius 1 is 0.944 bits per heavy atom. The number of nitrogens with one attached hydrogen (secondary N) is 1. The molecule has 0 amide bonds. The number of aliphatic hydroxyl groups excluding tert-OH is 1. The highest BCUT2D eigenvalue weighted by molar-refractivity contribution is 4.91. The van der Waals surface area contributed by atoms with Gasteiger partial charge in [0.15, 0.2) is 0 Å². The van der Waals surface area contributed by atoms with E-state index in [9.17, 15) is 5.11 Å². The third kappa shape index (κ3) is 3.71. The summed E-state index contributed by atoms with van der Waals surface area (Å²) < 4.78 is 0. The molecule has 4 atom stereocenters. The Hall–Kier alpha value is -0.0800. The van der Waals surface area contributed by atoms with Gasteiger partial charge in [0.05, 0.1) is 6.10 Å². The van der Waals surface area contributed by atoms with Gasteiger partial charge in [0, 0.05) is 12.1 Å². The third-order valence-corrected chi connectivity index (χ3v) is 4.97. The van der Waals surface area contributed by atoms with Crippen molar-refractivity contribution in [3.8, 4) is 0 Å². The zero-order chi connectivity index (χ0) is 13.2. The van der Waals surface area contributed by atoms with Gasteiger partial charge in [0.1, 0.15) is 0 Å². The molecule has 0 heterocycles. The molecule has 2 aliphatic carbocycles. The second kappa shape index (κ2) is 5.92. The second-order valence-corrected chi connectivity index (χ2v) is 7.55. The minimum atomic E-state index is -0.0621. The van der Waals surface area contributed by atoms with E-state index in [2.05, 4.69) is 26.1 Å². The van der Waals surface area contributed by atoms with Gasteiger partial charge in [-0.3, -0.25) is 0 Å². The molecule has 18 heavy (non-hydrogen) atoms. The van der Waals surface area contributed by atoms with Crippen LogP contribution in [0.3, 0.4) is 0 Å². The van der Waals surface area contributed by atoms with Crippen LogP contribution in [0.25, 0.3) is 0 Å². The summed E-state index contributed by atoms with van der Waals surface area (Å²) >= 11 is 0. The molecule has 106 valence electrons. The molecule has 4 unspecified atom stereocenters. The maximum Gasteiger partial charge on any atom is 0.0555 e. The van der Waals surface area contributed by atoms with Crippen LogP contribution in [0.5, 0.6) is 0 Å². The van der Waals surface area contributed by atoms with E-state index in [1.807, 2.05) is 0 Å². The molecule has 2 nitrogen and oxygen atoms in total. The lowest BCUT2D eigenvalue weighted by atomic mass is 9.69. The van der Waals surface area contributed by atoms with Crippen LogP contribution in [0.2, 0.25) is 0 Å². The fourth-order valence-electron chi connectivity index (χ4n) is 3.99. The quantitative estimate of drug-likeness (QED) is 0.789. The van der Waals surface area contributed by atoms with Crippen LogP contribution in [-0.2, 0) is 0 Å². The Labute approximate surface area is 113 Å². The standard InChI is InChI=1S/C16H31NO/c1-16(2,3)14-9-4-5-10-15(14)17-12-7-6-8-13(18)11-12/h12-15,17-18H,4-11H2,1-3H3. The highest BCUT2D eigenvalue weighted by atomic mass is 16.3. The van der Waals surface area contributed by atoms with E-state index < -0.39 is 0 Å². The smallest absolute Gasteiger partial charge is 0.0555 e. The van der Waals surface area contributed by atoms with Gasteiger partial charge in [0.2, 0.25) is 0 Å². The van der Waals surface area contributed by atoms with E-state index >= 15 is 0 Å². The largest absolute Gasteiger partial charge is 0.393 e. The van der Waals surface area contributed by atoms with Crippen molar-refractivity contribution in [1.29, 1.82) is 0 Å². The van der Waals surface area contributed by atoms with Crippen LogP contribution in [0, 0.1) is 11.3 Å². The normalized spacial score (nSPS) is 38.7. The van der Waals surface area contributed by atoms with E-state index in [0.29, 0.717) is 17.5 Å². The number of hydrogen-bond acceptors (Lipinski definition) is 2. The SMILES string of the molecule is CC(C)(C)C1CCCCC1NC1CCCC(O)C1. The maximum absolute atomic E-state index is 9.79. The molecular weight excluding hydrogens is 222 g/mol. The first-order valence-corrected chi connectivity index (χ1v) is 7.91. The molecule has 2 aliphatic rings. The van der Waals surface area contributed by atoms with Crippen LogP contribution in [0.1, 0.15) is 72.1 Å². The monoisotopic (exact) mass is 253 g/mol. The van der Waals surface area contributed by atoms with Crippen molar-refractivity contribution in [3.05, 3.63) is 0 Å². The van der Waals surface area contributed by atoms with E-state index in [0.717, 1.165) is 18.8 Å². The van der Waals surface area contributed by atoms with Crippen molar-refractivity contribution in [3.63, 3.8) is 0 Å². The Bertz CT molecular complexity index is 258. The molecule has 2 heteroatoms. The highest BCUT2D eigenvalue weighted by Crippen LogP contribution is 2.38. The van der Waals surface area contributed by atoms with Crippen molar-refractivity contribution in [2.45, 2.75) is 90.3 Å². The Balaban J connectivity index is 1.93. The number of aliphatic hydroxyl groups is 1. The number of hydrogen-bond donors (Lipinski definition) is 2. The zero-order valence-corrected chi connectivity index (χ0v) is 12.4. The van der Waals surface area contributed by atoms with Gasteiger partial charge < -0.3 is 10.4 Å². The van der Waals surface area contributed by atoms with Gasteiger partial charge in [0.25, 0.3) is 0 Å². The number of rotatable bonds is 2. The van der Waals surface area contributed by atoms with Crippen LogP contribution in [-0.4, -0.2) is 23.3 Å². The van der Waals surface area contributed by atoms with E-state index in [-0.39, 0.29) is 6.10 Å². The Morgan fingerprint density at radius 3 is 2.33 bits per heavy atom. The molecule has 2 N–H and O–H groups in total. The molecular formula is C16H31NO. The first kappa shape index (κ1) is 14.3. The first-order chi connectivity index (χ1) is 8.47. The van der Waals surface area contributed by atoms with Crippen molar-refractivity contribution in [2.24, 2.45) is 11.3 Å². The van der Waals surface area contributed by atoms with Crippen molar-refractivity contribution in [1.82, 2.24) is 5.32 Å². The summed E-state index contributed by atoms with van der Waals surface area (Å²) in [5.41, 5.74) is 0.408. The minimum absolute atomic E-state index is 0.0621. The maximum atomic E-state index is 9.79. The van der Waals surface area contributed by atoms with Crippen molar-refractivity contribution in [2.75, 3.05) is 0 Å². The molecule has 0 aliphatic heterocycles. The van der Waals surface area contributed by atoms with Crippen molar-refractivity contribution >= 4 is 0 Å². The molecule has 2 fully saturated rings. The second-order valence-electron chi connectivity index (χ2n) is 7.55. The summed E-state index contributed by atoms with van der Waals surface area (Å²) in [5.74, 6) is 0.797. The fourth-order valence-corrected chi connectivity index (χ4v) is 3.99. The lowest BCUT2D eigenvalue weighted by Gasteiger charge is -2.43. The van der Waals surface area contributed by atoms with Crippen LogP contribution in [0.4, 0.5) is 0 Å². The molecule has 2 saturated carbocycles. The molecule has 0 spiro atoms. The summed E-state index contributed by atoms with van der Waals surface area (Å²) in [6.45, 7) is 7.15.